The normalized spacial score (nSPS) is 13.2. The first kappa shape index (κ1) is 18.7. The lowest BCUT2D eigenvalue weighted by Gasteiger charge is -2.13. The van der Waals surface area contributed by atoms with Crippen LogP contribution in [0.4, 0.5) is 10.1 Å². The van der Waals surface area contributed by atoms with Crippen molar-refractivity contribution in [3.8, 4) is 0 Å². The molecule has 2 atom stereocenters. The van der Waals surface area contributed by atoms with E-state index in [-0.39, 0.29) is 5.69 Å². The number of hydrogen-bond acceptors (Lipinski definition) is 4. The number of esters is 1. The van der Waals surface area contributed by atoms with Gasteiger partial charge in [0.25, 0.3) is 5.91 Å². The Bertz CT molecular complexity index is 781. The van der Waals surface area contributed by atoms with Crippen molar-refractivity contribution in [2.45, 2.75) is 39.9 Å². The maximum atomic E-state index is 12.9. The molecule has 7 heteroatoms. The second kappa shape index (κ2) is 7.48. The van der Waals surface area contributed by atoms with Crippen LogP contribution in [0.15, 0.2) is 24.3 Å². The Morgan fingerprint density at radius 3 is 2.32 bits per heavy atom. The summed E-state index contributed by atoms with van der Waals surface area (Å²) >= 11 is 0. The zero-order valence-corrected chi connectivity index (χ0v) is 14.5. The van der Waals surface area contributed by atoms with E-state index in [0.717, 1.165) is 0 Å². The van der Waals surface area contributed by atoms with E-state index < -0.39 is 29.9 Å². The zero-order valence-electron chi connectivity index (χ0n) is 14.5. The zero-order chi connectivity index (χ0) is 18.7. The van der Waals surface area contributed by atoms with Gasteiger partial charge in [-0.05, 0) is 57.5 Å². The summed E-state index contributed by atoms with van der Waals surface area (Å²) in [5, 5.41) is 12.3. The molecular weight excluding hydrogens is 327 g/mol. The highest BCUT2D eigenvalue weighted by atomic mass is 19.1. The van der Waals surface area contributed by atoms with Gasteiger partial charge in [0.15, 0.2) is 6.10 Å². The maximum Gasteiger partial charge on any atom is 0.355 e. The highest BCUT2D eigenvalue weighted by Gasteiger charge is 2.24. The Kier molecular flexibility index (Phi) is 5.58. The highest BCUT2D eigenvalue weighted by molar-refractivity contribution is 5.97. The molecule has 0 aliphatic carbocycles. The van der Waals surface area contributed by atoms with Crippen LogP contribution in [0.5, 0.6) is 0 Å². The van der Waals surface area contributed by atoms with Crippen LogP contribution < -0.4 is 5.32 Å². The van der Waals surface area contributed by atoms with Gasteiger partial charge in [0, 0.05) is 16.9 Å². The number of benzene rings is 1. The first-order valence-corrected chi connectivity index (χ1v) is 7.85. The molecule has 0 aliphatic heterocycles. The number of aliphatic hydroxyl groups is 1. The standard InChI is InChI=1S/C18H21FN2O4/c1-9-15(11(3)22)10(2)20-16(9)18(24)25-12(4)17(23)21-14-7-5-13(19)6-8-14/h5-8,11-12,20,22H,1-4H3,(H,21,23)/t11-,12+/m0/s1. The number of amides is 1. The molecular formula is C18H21FN2O4. The van der Waals surface area contributed by atoms with Crippen LogP contribution in [-0.4, -0.2) is 28.1 Å². The summed E-state index contributed by atoms with van der Waals surface area (Å²) in [6.07, 6.45) is -1.77. The lowest BCUT2D eigenvalue weighted by molar-refractivity contribution is -0.123. The molecule has 2 aromatic rings. The molecule has 2 rings (SSSR count). The Balaban J connectivity index is 2.06. The van der Waals surface area contributed by atoms with Crippen LogP contribution in [0.2, 0.25) is 0 Å². The lowest BCUT2D eigenvalue weighted by Crippen LogP contribution is -2.30. The van der Waals surface area contributed by atoms with Gasteiger partial charge in [0.05, 0.1) is 6.10 Å². The smallest absolute Gasteiger partial charge is 0.355 e. The number of hydrogen-bond donors (Lipinski definition) is 3. The van der Waals surface area contributed by atoms with Gasteiger partial charge in [-0.15, -0.1) is 0 Å². The third-order valence-corrected chi connectivity index (χ3v) is 3.88. The maximum absolute atomic E-state index is 12.9. The van der Waals surface area contributed by atoms with Crippen molar-refractivity contribution in [1.82, 2.24) is 4.98 Å². The Morgan fingerprint density at radius 2 is 1.80 bits per heavy atom. The number of aromatic amines is 1. The topological polar surface area (TPSA) is 91.4 Å². The van der Waals surface area contributed by atoms with E-state index >= 15 is 0 Å². The van der Waals surface area contributed by atoms with Crippen molar-refractivity contribution < 1.29 is 23.8 Å². The number of halogens is 1. The number of carbonyl (C=O) groups excluding carboxylic acids is 2. The van der Waals surface area contributed by atoms with Gasteiger partial charge < -0.3 is 20.1 Å². The van der Waals surface area contributed by atoms with Crippen LogP contribution in [-0.2, 0) is 9.53 Å². The molecule has 1 amide bonds. The number of H-pyrrole nitrogens is 1. The number of rotatable bonds is 5. The summed E-state index contributed by atoms with van der Waals surface area (Å²) in [7, 11) is 0. The summed E-state index contributed by atoms with van der Waals surface area (Å²) in [5.74, 6) is -1.63. The van der Waals surface area contributed by atoms with E-state index in [2.05, 4.69) is 10.3 Å². The number of aromatic nitrogens is 1. The van der Waals surface area contributed by atoms with E-state index in [1.807, 2.05) is 0 Å². The summed E-state index contributed by atoms with van der Waals surface area (Å²) in [6, 6.07) is 5.26. The van der Waals surface area contributed by atoms with Crippen LogP contribution >= 0.6 is 0 Å². The fourth-order valence-corrected chi connectivity index (χ4v) is 2.65. The molecule has 0 fully saturated rings. The quantitative estimate of drug-likeness (QED) is 0.725. The minimum absolute atomic E-state index is 0.204. The van der Waals surface area contributed by atoms with Gasteiger partial charge in [-0.25, -0.2) is 9.18 Å². The molecule has 0 unspecified atom stereocenters. The van der Waals surface area contributed by atoms with Crippen LogP contribution in [0.25, 0.3) is 0 Å². The van der Waals surface area contributed by atoms with Crippen LogP contribution in [0.1, 0.15) is 47.3 Å². The van der Waals surface area contributed by atoms with Gasteiger partial charge in [0.1, 0.15) is 11.5 Å². The summed E-state index contributed by atoms with van der Waals surface area (Å²) < 4.78 is 18.1. The predicted molar refractivity (Wildman–Crippen MR) is 90.8 cm³/mol. The van der Waals surface area contributed by atoms with Gasteiger partial charge in [-0.1, -0.05) is 0 Å². The van der Waals surface area contributed by atoms with Crippen molar-refractivity contribution in [3.63, 3.8) is 0 Å². The van der Waals surface area contributed by atoms with E-state index in [1.165, 1.54) is 31.2 Å². The van der Waals surface area contributed by atoms with Gasteiger partial charge in [0.2, 0.25) is 0 Å². The van der Waals surface area contributed by atoms with Crippen molar-refractivity contribution in [2.24, 2.45) is 0 Å². The lowest BCUT2D eigenvalue weighted by atomic mass is 10.1. The Hall–Kier alpha value is -2.67. The largest absolute Gasteiger partial charge is 0.448 e. The van der Waals surface area contributed by atoms with E-state index in [9.17, 15) is 19.1 Å². The molecule has 1 aromatic heterocycles. The SMILES string of the molecule is Cc1[nH]c(C(=O)O[C@H](C)C(=O)Nc2ccc(F)cc2)c(C)c1[C@H](C)O. The molecule has 0 saturated heterocycles. The number of aliphatic hydroxyl groups excluding tert-OH is 1. The minimum Gasteiger partial charge on any atom is -0.448 e. The number of anilines is 1. The number of carbonyl (C=O) groups is 2. The van der Waals surface area contributed by atoms with Gasteiger partial charge in [-0.2, -0.15) is 0 Å². The van der Waals surface area contributed by atoms with E-state index in [0.29, 0.717) is 22.5 Å². The average Bonchev–Trinajstić information content (AvgIpc) is 2.84. The second-order valence-electron chi connectivity index (χ2n) is 5.88. The van der Waals surface area contributed by atoms with Crippen molar-refractivity contribution in [1.29, 1.82) is 0 Å². The molecule has 3 N–H and O–H groups in total. The molecule has 0 bridgehead atoms. The van der Waals surface area contributed by atoms with Crippen molar-refractivity contribution in [3.05, 3.63) is 52.6 Å². The van der Waals surface area contributed by atoms with E-state index in [4.69, 9.17) is 4.74 Å². The van der Waals surface area contributed by atoms with Crippen LogP contribution in [0, 0.1) is 19.7 Å². The minimum atomic E-state index is -1.05. The first-order valence-electron chi connectivity index (χ1n) is 7.85. The fourth-order valence-electron chi connectivity index (χ4n) is 2.65. The first-order chi connectivity index (χ1) is 11.7. The molecule has 0 spiro atoms. The number of ether oxygens (including phenoxy) is 1. The second-order valence-corrected chi connectivity index (χ2v) is 5.88. The van der Waals surface area contributed by atoms with E-state index in [1.54, 1.807) is 20.8 Å². The summed E-state index contributed by atoms with van der Waals surface area (Å²) in [4.78, 5) is 27.3. The summed E-state index contributed by atoms with van der Waals surface area (Å²) in [5.41, 5.74) is 2.49. The predicted octanol–water partition coefficient (Wildman–Crippen LogP) is 3.01. The Morgan fingerprint density at radius 1 is 1.20 bits per heavy atom. The van der Waals surface area contributed by atoms with Gasteiger partial charge in [-0.3, -0.25) is 4.79 Å². The molecule has 0 aliphatic rings. The monoisotopic (exact) mass is 348 g/mol. The third kappa shape index (κ3) is 4.24. The number of nitrogens with one attached hydrogen (secondary N) is 2. The Labute approximate surface area is 145 Å². The molecule has 0 saturated carbocycles. The van der Waals surface area contributed by atoms with Crippen molar-refractivity contribution in [2.75, 3.05) is 5.32 Å². The average molecular weight is 348 g/mol. The molecule has 25 heavy (non-hydrogen) atoms. The molecule has 0 radical (unpaired) electrons. The fraction of sp³-hybridized carbons (Fsp3) is 0.333. The highest BCUT2D eigenvalue weighted by Crippen LogP contribution is 2.25. The molecule has 1 aromatic carbocycles. The van der Waals surface area contributed by atoms with Crippen LogP contribution in [0.3, 0.4) is 0 Å². The van der Waals surface area contributed by atoms with Gasteiger partial charge >= 0.3 is 5.97 Å². The summed E-state index contributed by atoms with van der Waals surface area (Å²) in [6.45, 7) is 6.50. The molecule has 6 nitrogen and oxygen atoms in total. The number of aryl methyl sites for hydroxylation is 1. The van der Waals surface area contributed by atoms with Crippen molar-refractivity contribution >= 4 is 17.6 Å². The molecule has 134 valence electrons. The third-order valence-electron chi connectivity index (χ3n) is 3.88. The molecule has 1 heterocycles.